The minimum atomic E-state index is 0.532. The van der Waals surface area contributed by atoms with Crippen LogP contribution in [-0.2, 0) is 0 Å². The maximum Gasteiger partial charge on any atom is -0.0141 e. The van der Waals surface area contributed by atoms with Crippen LogP contribution in [0.4, 0.5) is 0 Å². The molecule has 0 saturated heterocycles. The minimum absolute atomic E-state index is 0.532. The van der Waals surface area contributed by atoms with E-state index in [0.29, 0.717) is 5.41 Å². The zero-order valence-electron chi connectivity index (χ0n) is 21.4. The van der Waals surface area contributed by atoms with Gasteiger partial charge in [0, 0.05) is 0 Å². The smallest absolute Gasteiger partial charge is 0.0141 e. The van der Waals surface area contributed by atoms with Crippen molar-refractivity contribution >= 4 is 0 Å². The largest absolute Gasteiger partial charge is 0.0955 e. The first-order chi connectivity index (χ1) is 14.2. The molecule has 3 saturated carbocycles. The number of hydrogen-bond acceptors (Lipinski definition) is 0. The van der Waals surface area contributed by atoms with Crippen molar-refractivity contribution in [2.75, 3.05) is 0 Å². The monoisotopic (exact) mass is 410 g/mol. The Balaban J connectivity index is 1.81. The van der Waals surface area contributed by atoms with Gasteiger partial charge in [-0.1, -0.05) is 65.2 Å². The molecule has 0 aromatic carbocycles. The van der Waals surface area contributed by atoms with E-state index in [9.17, 15) is 0 Å². The molecule has 3 aliphatic carbocycles. The normalized spacial score (nSPS) is 35.3. The van der Waals surface area contributed by atoms with E-state index in [4.69, 9.17) is 0 Å². The first-order valence-corrected chi connectivity index (χ1v) is 13.2. The Morgan fingerprint density at radius 2 is 1.63 bits per heavy atom. The molecule has 0 radical (unpaired) electrons. The molecule has 0 nitrogen and oxygen atoms in total. The zero-order valence-corrected chi connectivity index (χ0v) is 21.4. The molecule has 3 fully saturated rings. The summed E-state index contributed by atoms with van der Waals surface area (Å²) in [6, 6.07) is 0. The van der Waals surface area contributed by atoms with Crippen LogP contribution in [0.3, 0.4) is 0 Å². The standard InChI is InChI=1S/C30H50/c1-20(2)21(3)15-16-23(5)28-17-18-29-27(14-11-19-30(28,29)8)25(7)24(6)26-13-10-9-12-22(26)4/h20-21,23,28-29H,4,9-19H2,1-3,5-8H3/b26-24-,27-25+. The van der Waals surface area contributed by atoms with E-state index >= 15 is 0 Å². The van der Waals surface area contributed by atoms with Gasteiger partial charge in [-0.25, -0.2) is 0 Å². The third kappa shape index (κ3) is 4.68. The van der Waals surface area contributed by atoms with Crippen molar-refractivity contribution in [1.82, 2.24) is 0 Å². The van der Waals surface area contributed by atoms with Gasteiger partial charge in [-0.3, -0.25) is 0 Å². The van der Waals surface area contributed by atoms with E-state index in [1.807, 2.05) is 5.57 Å². The van der Waals surface area contributed by atoms with Crippen LogP contribution in [0.15, 0.2) is 34.4 Å². The molecule has 30 heavy (non-hydrogen) atoms. The van der Waals surface area contributed by atoms with Gasteiger partial charge in [0.15, 0.2) is 0 Å². The second-order valence-electron chi connectivity index (χ2n) is 11.9. The van der Waals surface area contributed by atoms with E-state index < -0.39 is 0 Å². The van der Waals surface area contributed by atoms with Gasteiger partial charge in [0.05, 0.1) is 0 Å². The van der Waals surface area contributed by atoms with Gasteiger partial charge < -0.3 is 0 Å². The lowest BCUT2D eigenvalue weighted by Crippen LogP contribution is -2.36. The molecule has 0 aliphatic heterocycles. The Morgan fingerprint density at radius 1 is 0.933 bits per heavy atom. The van der Waals surface area contributed by atoms with Gasteiger partial charge in [0.1, 0.15) is 0 Å². The van der Waals surface area contributed by atoms with Crippen LogP contribution in [0, 0.1) is 35.0 Å². The van der Waals surface area contributed by atoms with Crippen LogP contribution in [0.5, 0.6) is 0 Å². The third-order valence-corrected chi connectivity index (χ3v) is 9.97. The molecule has 5 unspecified atom stereocenters. The van der Waals surface area contributed by atoms with E-state index in [1.165, 1.54) is 76.2 Å². The van der Waals surface area contributed by atoms with Crippen molar-refractivity contribution in [1.29, 1.82) is 0 Å². The predicted molar refractivity (Wildman–Crippen MR) is 134 cm³/mol. The quantitative estimate of drug-likeness (QED) is 0.409. The molecule has 3 rings (SSSR count). The fraction of sp³-hybridized carbons (Fsp3) is 0.800. The molecule has 0 heteroatoms. The fourth-order valence-electron chi connectivity index (χ4n) is 7.36. The highest BCUT2D eigenvalue weighted by atomic mass is 14.6. The highest BCUT2D eigenvalue weighted by Gasteiger charge is 2.51. The van der Waals surface area contributed by atoms with Gasteiger partial charge in [0.2, 0.25) is 0 Å². The summed E-state index contributed by atoms with van der Waals surface area (Å²) in [5, 5.41) is 0. The van der Waals surface area contributed by atoms with E-state index in [2.05, 4.69) is 55.0 Å². The van der Waals surface area contributed by atoms with Crippen LogP contribution < -0.4 is 0 Å². The van der Waals surface area contributed by atoms with Gasteiger partial charge >= 0.3 is 0 Å². The summed E-state index contributed by atoms with van der Waals surface area (Å²) in [6.45, 7) is 21.8. The summed E-state index contributed by atoms with van der Waals surface area (Å²) >= 11 is 0. The van der Waals surface area contributed by atoms with Crippen molar-refractivity contribution in [3.05, 3.63) is 34.4 Å². The summed E-state index contributed by atoms with van der Waals surface area (Å²) < 4.78 is 0. The number of rotatable bonds is 6. The maximum absolute atomic E-state index is 4.43. The second-order valence-corrected chi connectivity index (χ2v) is 11.9. The number of allylic oxidation sites excluding steroid dienone is 5. The SMILES string of the molecule is C=C1CCCC/C1=C(C)/C(C)=C1\CCCC2(C)C1CCC2C(C)CCC(C)C(C)C. The molecule has 0 aromatic rings. The van der Waals surface area contributed by atoms with E-state index in [0.717, 1.165) is 29.6 Å². The maximum atomic E-state index is 4.43. The lowest BCUT2D eigenvalue weighted by molar-refractivity contribution is 0.0902. The molecular formula is C30H50. The lowest BCUT2D eigenvalue weighted by atomic mass is 9.60. The van der Waals surface area contributed by atoms with Gasteiger partial charge in [-0.2, -0.15) is 0 Å². The summed E-state index contributed by atoms with van der Waals surface area (Å²) in [5.74, 6) is 4.30. The first-order valence-electron chi connectivity index (χ1n) is 13.2. The Morgan fingerprint density at radius 3 is 2.30 bits per heavy atom. The molecule has 0 spiro atoms. The Labute approximate surface area is 188 Å². The highest BCUT2D eigenvalue weighted by molar-refractivity contribution is 5.46. The molecule has 170 valence electrons. The Bertz CT molecular complexity index is 687. The highest BCUT2D eigenvalue weighted by Crippen LogP contribution is 2.60. The van der Waals surface area contributed by atoms with Crippen molar-refractivity contribution in [3.63, 3.8) is 0 Å². The Kier molecular flexibility index (Phi) is 7.79. The summed E-state index contributed by atoms with van der Waals surface area (Å²) in [4.78, 5) is 0. The van der Waals surface area contributed by atoms with Crippen LogP contribution in [-0.4, -0.2) is 0 Å². The number of fused-ring (bicyclic) bond motifs is 1. The average Bonchev–Trinajstić information content (AvgIpc) is 3.08. The first kappa shape index (κ1) is 23.9. The van der Waals surface area contributed by atoms with Crippen molar-refractivity contribution < 1.29 is 0 Å². The topological polar surface area (TPSA) is 0 Å². The van der Waals surface area contributed by atoms with E-state index in [1.54, 1.807) is 16.7 Å². The average molecular weight is 411 g/mol. The van der Waals surface area contributed by atoms with Crippen molar-refractivity contribution in [2.45, 2.75) is 119 Å². The van der Waals surface area contributed by atoms with Gasteiger partial charge in [-0.15, -0.1) is 0 Å². The molecule has 0 heterocycles. The third-order valence-electron chi connectivity index (χ3n) is 9.97. The molecule has 3 aliphatic rings. The molecule has 0 amide bonds. The van der Waals surface area contributed by atoms with Crippen LogP contribution in [0.25, 0.3) is 0 Å². The van der Waals surface area contributed by atoms with Crippen molar-refractivity contribution in [3.8, 4) is 0 Å². The fourth-order valence-corrected chi connectivity index (χ4v) is 7.36. The Hall–Kier alpha value is -0.780. The summed E-state index contributed by atoms with van der Waals surface area (Å²) in [5.41, 5.74) is 8.62. The molecular weight excluding hydrogens is 360 g/mol. The van der Waals surface area contributed by atoms with Crippen LogP contribution >= 0.6 is 0 Å². The van der Waals surface area contributed by atoms with Gasteiger partial charge in [0.25, 0.3) is 0 Å². The summed E-state index contributed by atoms with van der Waals surface area (Å²) in [6.07, 6.45) is 15.1. The summed E-state index contributed by atoms with van der Waals surface area (Å²) in [7, 11) is 0. The second kappa shape index (κ2) is 9.79. The molecule has 0 bridgehead atoms. The molecule has 5 atom stereocenters. The minimum Gasteiger partial charge on any atom is -0.0955 e. The van der Waals surface area contributed by atoms with E-state index in [-0.39, 0.29) is 0 Å². The van der Waals surface area contributed by atoms with Crippen LogP contribution in [0.1, 0.15) is 119 Å². The number of hydrogen-bond donors (Lipinski definition) is 0. The predicted octanol–water partition coefficient (Wildman–Crippen LogP) is 9.67. The van der Waals surface area contributed by atoms with Gasteiger partial charge in [-0.05, 0) is 123 Å². The van der Waals surface area contributed by atoms with Crippen LogP contribution in [0.2, 0.25) is 0 Å². The molecule has 0 N–H and O–H groups in total. The lowest BCUT2D eigenvalue weighted by Gasteiger charge is -2.45. The zero-order chi connectivity index (χ0) is 22.1. The molecule has 0 aromatic heterocycles. The van der Waals surface area contributed by atoms with Crippen molar-refractivity contribution in [2.24, 2.45) is 35.0 Å².